The lowest BCUT2D eigenvalue weighted by molar-refractivity contribution is 0.274. The molecule has 2 aliphatic heterocycles. The van der Waals surface area contributed by atoms with Gasteiger partial charge in [0.2, 0.25) is 0 Å². The van der Waals surface area contributed by atoms with Crippen molar-refractivity contribution in [3.63, 3.8) is 0 Å². The summed E-state index contributed by atoms with van der Waals surface area (Å²) in [5.41, 5.74) is 0. The van der Waals surface area contributed by atoms with Gasteiger partial charge in [0, 0.05) is 0 Å². The van der Waals surface area contributed by atoms with Crippen molar-refractivity contribution >= 4 is 0 Å². The minimum absolute atomic E-state index is 0.971. The Morgan fingerprint density at radius 2 is 1.80 bits per heavy atom. The highest BCUT2D eigenvalue weighted by molar-refractivity contribution is 4.78. The summed E-state index contributed by atoms with van der Waals surface area (Å²) in [4.78, 5) is 2.50. The summed E-state index contributed by atoms with van der Waals surface area (Å²) in [5.74, 6) is 1.97. The average molecular weight is 210 g/mol. The van der Waals surface area contributed by atoms with E-state index in [4.69, 9.17) is 0 Å². The molecule has 0 spiro atoms. The molecule has 0 bridgehead atoms. The van der Waals surface area contributed by atoms with Crippen molar-refractivity contribution in [2.75, 3.05) is 33.2 Å². The molecule has 2 nitrogen and oxygen atoms in total. The van der Waals surface area contributed by atoms with Crippen molar-refractivity contribution in [2.45, 2.75) is 38.5 Å². The fourth-order valence-corrected chi connectivity index (χ4v) is 3.19. The van der Waals surface area contributed by atoms with Gasteiger partial charge in [-0.15, -0.1) is 0 Å². The Morgan fingerprint density at radius 1 is 0.933 bits per heavy atom. The van der Waals surface area contributed by atoms with Crippen LogP contribution in [0.25, 0.3) is 0 Å². The minimum Gasteiger partial charge on any atom is -0.316 e. The number of hydrogen-bond acceptors (Lipinski definition) is 2. The molecule has 15 heavy (non-hydrogen) atoms. The first kappa shape index (κ1) is 11.4. The van der Waals surface area contributed by atoms with Gasteiger partial charge in [-0.1, -0.05) is 6.42 Å². The van der Waals surface area contributed by atoms with Gasteiger partial charge in [-0.3, -0.25) is 0 Å². The first-order chi connectivity index (χ1) is 7.36. The second-order valence-corrected chi connectivity index (χ2v) is 5.45. The van der Waals surface area contributed by atoms with Gasteiger partial charge in [0.15, 0.2) is 0 Å². The smallest absolute Gasteiger partial charge is 0.00179 e. The molecule has 0 radical (unpaired) electrons. The lowest BCUT2D eigenvalue weighted by atomic mass is 9.83. The van der Waals surface area contributed by atoms with Crippen LogP contribution in [-0.4, -0.2) is 38.1 Å². The predicted octanol–water partition coefficient (Wildman–Crippen LogP) is 2.11. The highest BCUT2D eigenvalue weighted by Gasteiger charge is 2.24. The summed E-state index contributed by atoms with van der Waals surface area (Å²) in [6.07, 6.45) is 8.63. The van der Waals surface area contributed by atoms with Crippen molar-refractivity contribution in [1.29, 1.82) is 0 Å². The predicted molar refractivity (Wildman–Crippen MR) is 65.0 cm³/mol. The zero-order chi connectivity index (χ0) is 10.5. The van der Waals surface area contributed by atoms with Gasteiger partial charge in [-0.2, -0.15) is 0 Å². The Bertz CT molecular complexity index is 173. The highest BCUT2D eigenvalue weighted by Crippen LogP contribution is 2.29. The molecule has 88 valence electrons. The fraction of sp³-hybridized carbons (Fsp3) is 1.00. The van der Waals surface area contributed by atoms with E-state index in [0.717, 1.165) is 11.8 Å². The average Bonchev–Trinajstić information content (AvgIpc) is 2.59. The molecule has 2 rings (SSSR count). The zero-order valence-corrected chi connectivity index (χ0v) is 10.2. The van der Waals surface area contributed by atoms with Crippen LogP contribution in [0.4, 0.5) is 0 Å². The lowest BCUT2D eigenvalue weighted by Gasteiger charge is -2.24. The SMILES string of the molecule is CN1CCCC(C2CCCCNC2)CC1. The molecule has 0 amide bonds. The molecule has 2 atom stereocenters. The molecule has 0 aromatic carbocycles. The van der Waals surface area contributed by atoms with Gasteiger partial charge in [-0.25, -0.2) is 0 Å². The van der Waals surface area contributed by atoms with Crippen molar-refractivity contribution in [2.24, 2.45) is 11.8 Å². The molecule has 0 aliphatic carbocycles. The first-order valence-corrected chi connectivity index (χ1v) is 6.75. The summed E-state index contributed by atoms with van der Waals surface area (Å²) >= 11 is 0. The second-order valence-electron chi connectivity index (χ2n) is 5.45. The van der Waals surface area contributed by atoms with Crippen LogP contribution in [-0.2, 0) is 0 Å². The Hall–Kier alpha value is -0.0800. The van der Waals surface area contributed by atoms with E-state index >= 15 is 0 Å². The standard InChI is InChI=1S/C13H26N2/c1-15-9-4-6-12(7-10-15)13-5-2-3-8-14-11-13/h12-14H,2-11H2,1H3. The van der Waals surface area contributed by atoms with E-state index in [2.05, 4.69) is 17.3 Å². The number of nitrogens with one attached hydrogen (secondary N) is 1. The molecule has 0 aromatic rings. The molecule has 1 N–H and O–H groups in total. The first-order valence-electron chi connectivity index (χ1n) is 6.75. The van der Waals surface area contributed by atoms with Gasteiger partial charge in [0.25, 0.3) is 0 Å². The van der Waals surface area contributed by atoms with Crippen LogP contribution >= 0.6 is 0 Å². The summed E-state index contributed by atoms with van der Waals surface area (Å²) in [6, 6.07) is 0. The third-order valence-electron chi connectivity index (χ3n) is 4.25. The van der Waals surface area contributed by atoms with Gasteiger partial charge >= 0.3 is 0 Å². The van der Waals surface area contributed by atoms with Crippen molar-refractivity contribution in [3.05, 3.63) is 0 Å². The number of nitrogens with zero attached hydrogens (tertiary/aromatic N) is 1. The van der Waals surface area contributed by atoms with Crippen LogP contribution in [0.2, 0.25) is 0 Å². The number of rotatable bonds is 1. The number of hydrogen-bond donors (Lipinski definition) is 1. The molecule has 2 unspecified atom stereocenters. The molecular weight excluding hydrogens is 184 g/mol. The Morgan fingerprint density at radius 3 is 2.73 bits per heavy atom. The van der Waals surface area contributed by atoms with Crippen molar-refractivity contribution in [1.82, 2.24) is 10.2 Å². The van der Waals surface area contributed by atoms with Crippen molar-refractivity contribution < 1.29 is 0 Å². The fourth-order valence-electron chi connectivity index (χ4n) is 3.19. The molecule has 2 saturated heterocycles. The van der Waals surface area contributed by atoms with Crippen LogP contribution in [0.1, 0.15) is 38.5 Å². The van der Waals surface area contributed by atoms with Gasteiger partial charge in [-0.05, 0) is 77.2 Å². The van der Waals surface area contributed by atoms with E-state index in [-0.39, 0.29) is 0 Å². The zero-order valence-electron chi connectivity index (χ0n) is 10.2. The molecule has 2 heteroatoms. The third-order valence-corrected chi connectivity index (χ3v) is 4.25. The molecule has 2 fully saturated rings. The Labute approximate surface area is 94.4 Å². The topological polar surface area (TPSA) is 15.3 Å². The van der Waals surface area contributed by atoms with Crippen LogP contribution in [0.5, 0.6) is 0 Å². The van der Waals surface area contributed by atoms with Gasteiger partial charge < -0.3 is 10.2 Å². The van der Waals surface area contributed by atoms with Crippen LogP contribution < -0.4 is 5.32 Å². The molecular formula is C13H26N2. The maximum absolute atomic E-state index is 3.61. The van der Waals surface area contributed by atoms with Crippen molar-refractivity contribution in [3.8, 4) is 0 Å². The summed E-state index contributed by atoms with van der Waals surface area (Å²) in [5, 5.41) is 3.61. The Balaban J connectivity index is 1.84. The molecule has 0 saturated carbocycles. The van der Waals surface area contributed by atoms with E-state index in [0.29, 0.717) is 0 Å². The highest BCUT2D eigenvalue weighted by atomic mass is 15.1. The Kier molecular flexibility index (Phi) is 4.45. The van der Waals surface area contributed by atoms with Crippen LogP contribution in [0.15, 0.2) is 0 Å². The van der Waals surface area contributed by atoms with E-state index < -0.39 is 0 Å². The van der Waals surface area contributed by atoms with Crippen LogP contribution in [0, 0.1) is 11.8 Å². The number of likely N-dealkylation sites (tertiary alicyclic amines) is 1. The monoisotopic (exact) mass is 210 g/mol. The van der Waals surface area contributed by atoms with E-state index in [1.165, 1.54) is 64.7 Å². The third kappa shape index (κ3) is 3.46. The molecule has 2 heterocycles. The second kappa shape index (κ2) is 5.86. The van der Waals surface area contributed by atoms with E-state index in [9.17, 15) is 0 Å². The van der Waals surface area contributed by atoms with Gasteiger partial charge in [0.05, 0.1) is 0 Å². The molecule has 0 aromatic heterocycles. The largest absolute Gasteiger partial charge is 0.316 e. The van der Waals surface area contributed by atoms with E-state index in [1.807, 2.05) is 0 Å². The normalized spacial score (nSPS) is 35.8. The summed E-state index contributed by atoms with van der Waals surface area (Å²) < 4.78 is 0. The quantitative estimate of drug-likeness (QED) is 0.713. The maximum Gasteiger partial charge on any atom is -0.00179 e. The molecule has 2 aliphatic rings. The van der Waals surface area contributed by atoms with Crippen LogP contribution in [0.3, 0.4) is 0 Å². The summed E-state index contributed by atoms with van der Waals surface area (Å²) in [6.45, 7) is 5.18. The summed E-state index contributed by atoms with van der Waals surface area (Å²) in [7, 11) is 2.27. The van der Waals surface area contributed by atoms with Gasteiger partial charge in [0.1, 0.15) is 0 Å². The maximum atomic E-state index is 3.61. The van der Waals surface area contributed by atoms with E-state index in [1.54, 1.807) is 0 Å². The minimum atomic E-state index is 0.971. The lowest BCUT2D eigenvalue weighted by Crippen LogP contribution is -2.27.